The number of methoxy groups -OCH3 is 2. The molecule has 102 valence electrons. The molecule has 4 nitrogen and oxygen atoms in total. The minimum Gasteiger partial charge on any atom is -0.493 e. The van der Waals surface area contributed by atoms with E-state index in [9.17, 15) is 0 Å². The van der Waals surface area contributed by atoms with Gasteiger partial charge in [0.1, 0.15) is 0 Å². The molecular formula is C15H20N2O2. The molecule has 1 heterocycles. The molecule has 1 aromatic carbocycles. The van der Waals surface area contributed by atoms with Crippen molar-refractivity contribution in [2.45, 2.75) is 20.4 Å². The van der Waals surface area contributed by atoms with E-state index in [4.69, 9.17) is 9.47 Å². The first-order valence-corrected chi connectivity index (χ1v) is 6.25. The number of ether oxygens (including phenoxy) is 2. The van der Waals surface area contributed by atoms with Crippen molar-refractivity contribution < 1.29 is 9.47 Å². The first-order valence-electron chi connectivity index (χ1n) is 6.25. The largest absolute Gasteiger partial charge is 0.493 e. The highest BCUT2D eigenvalue weighted by molar-refractivity contribution is 5.43. The maximum atomic E-state index is 5.30. The van der Waals surface area contributed by atoms with Crippen LogP contribution >= 0.6 is 0 Å². The van der Waals surface area contributed by atoms with Crippen LogP contribution in [0.5, 0.6) is 11.5 Å². The van der Waals surface area contributed by atoms with Crippen LogP contribution < -0.4 is 14.9 Å². The molecule has 2 rings (SSSR count). The lowest BCUT2D eigenvalue weighted by Gasteiger charge is -2.14. The first kappa shape index (κ1) is 13.3. The molecule has 0 radical (unpaired) electrons. The maximum Gasteiger partial charge on any atom is 0.161 e. The van der Waals surface area contributed by atoms with Crippen molar-refractivity contribution in [1.29, 1.82) is 0 Å². The predicted octanol–water partition coefficient (Wildman–Crippen LogP) is 2.87. The lowest BCUT2D eigenvalue weighted by molar-refractivity contribution is 0.354. The third kappa shape index (κ3) is 2.84. The Kier molecular flexibility index (Phi) is 4.00. The van der Waals surface area contributed by atoms with Gasteiger partial charge in [-0.25, -0.2) is 0 Å². The van der Waals surface area contributed by atoms with Crippen LogP contribution in [0.2, 0.25) is 0 Å². The number of nitrogens with zero attached hydrogens (tertiary/aromatic N) is 1. The highest BCUT2D eigenvalue weighted by Gasteiger charge is 2.05. The topological polar surface area (TPSA) is 35.4 Å². The van der Waals surface area contributed by atoms with E-state index in [0.717, 1.165) is 23.6 Å². The first-order chi connectivity index (χ1) is 9.15. The summed E-state index contributed by atoms with van der Waals surface area (Å²) < 4.78 is 12.6. The number of rotatable bonds is 5. The molecule has 2 aromatic rings. The molecule has 0 aliphatic rings. The minimum atomic E-state index is 0.733. The Morgan fingerprint density at radius 2 is 1.58 bits per heavy atom. The summed E-state index contributed by atoms with van der Waals surface area (Å²) in [6, 6.07) is 10.1. The second-order valence-corrected chi connectivity index (χ2v) is 4.48. The van der Waals surface area contributed by atoms with Crippen molar-refractivity contribution >= 4 is 0 Å². The van der Waals surface area contributed by atoms with Crippen molar-refractivity contribution in [2.75, 3.05) is 19.6 Å². The van der Waals surface area contributed by atoms with Gasteiger partial charge in [-0.15, -0.1) is 0 Å². The van der Waals surface area contributed by atoms with Crippen LogP contribution in [0.4, 0.5) is 0 Å². The molecule has 0 aliphatic carbocycles. The van der Waals surface area contributed by atoms with Gasteiger partial charge < -0.3 is 14.9 Å². The molecule has 0 unspecified atom stereocenters. The zero-order chi connectivity index (χ0) is 13.8. The van der Waals surface area contributed by atoms with Crippen LogP contribution in [0.15, 0.2) is 30.3 Å². The summed E-state index contributed by atoms with van der Waals surface area (Å²) in [6.45, 7) is 4.89. The fourth-order valence-corrected chi connectivity index (χ4v) is 2.08. The Labute approximate surface area is 113 Å². The third-order valence-corrected chi connectivity index (χ3v) is 3.16. The number of hydrogen-bond acceptors (Lipinski definition) is 3. The fraction of sp³-hybridized carbons (Fsp3) is 0.333. The van der Waals surface area contributed by atoms with Gasteiger partial charge in [-0.05, 0) is 43.7 Å². The monoisotopic (exact) mass is 260 g/mol. The van der Waals surface area contributed by atoms with Gasteiger partial charge in [-0.1, -0.05) is 6.07 Å². The van der Waals surface area contributed by atoms with E-state index < -0.39 is 0 Å². The van der Waals surface area contributed by atoms with Gasteiger partial charge in [0.15, 0.2) is 11.5 Å². The summed E-state index contributed by atoms with van der Waals surface area (Å²) in [5.41, 5.74) is 6.92. The van der Waals surface area contributed by atoms with E-state index in [1.165, 1.54) is 11.4 Å². The van der Waals surface area contributed by atoms with E-state index in [0.29, 0.717) is 0 Å². The summed E-state index contributed by atoms with van der Waals surface area (Å²) in [6.07, 6.45) is 0. The summed E-state index contributed by atoms with van der Waals surface area (Å²) in [4.78, 5) is 0. The van der Waals surface area contributed by atoms with Gasteiger partial charge in [-0.3, -0.25) is 4.68 Å². The predicted molar refractivity (Wildman–Crippen MR) is 76.5 cm³/mol. The lowest BCUT2D eigenvalue weighted by Crippen LogP contribution is -2.16. The van der Waals surface area contributed by atoms with Gasteiger partial charge in [-0.2, -0.15) is 0 Å². The SMILES string of the molecule is COc1ccc(CNn2c(C)ccc2C)cc1OC. The maximum absolute atomic E-state index is 5.30. The van der Waals surface area contributed by atoms with E-state index in [1.54, 1.807) is 14.2 Å². The smallest absolute Gasteiger partial charge is 0.161 e. The summed E-state index contributed by atoms with van der Waals surface area (Å²) >= 11 is 0. The Bertz CT molecular complexity index is 542. The fourth-order valence-electron chi connectivity index (χ4n) is 2.08. The molecule has 0 bridgehead atoms. The third-order valence-electron chi connectivity index (χ3n) is 3.16. The van der Waals surface area contributed by atoms with Gasteiger partial charge in [0, 0.05) is 11.4 Å². The van der Waals surface area contributed by atoms with Gasteiger partial charge >= 0.3 is 0 Å². The van der Waals surface area contributed by atoms with Crippen molar-refractivity contribution in [1.82, 2.24) is 4.68 Å². The number of aromatic nitrogens is 1. The van der Waals surface area contributed by atoms with E-state index in [-0.39, 0.29) is 0 Å². The van der Waals surface area contributed by atoms with Crippen molar-refractivity contribution in [3.8, 4) is 11.5 Å². The normalized spacial score (nSPS) is 10.3. The van der Waals surface area contributed by atoms with Gasteiger partial charge in [0.2, 0.25) is 0 Å². The Morgan fingerprint density at radius 1 is 0.947 bits per heavy atom. The van der Waals surface area contributed by atoms with Crippen LogP contribution in [-0.4, -0.2) is 18.9 Å². The minimum absolute atomic E-state index is 0.733. The summed E-state index contributed by atoms with van der Waals surface area (Å²) in [5, 5.41) is 0. The highest BCUT2D eigenvalue weighted by atomic mass is 16.5. The number of benzene rings is 1. The number of nitrogens with one attached hydrogen (secondary N) is 1. The lowest BCUT2D eigenvalue weighted by atomic mass is 10.2. The Balaban J connectivity index is 2.12. The quantitative estimate of drug-likeness (QED) is 0.898. The van der Waals surface area contributed by atoms with Crippen LogP contribution in [0.25, 0.3) is 0 Å². The van der Waals surface area contributed by atoms with Gasteiger partial charge in [0.25, 0.3) is 0 Å². The molecule has 0 aliphatic heterocycles. The molecule has 0 saturated carbocycles. The number of aryl methyl sites for hydroxylation is 2. The van der Waals surface area contributed by atoms with E-state index >= 15 is 0 Å². The van der Waals surface area contributed by atoms with Gasteiger partial charge in [0.05, 0.1) is 20.8 Å². The summed E-state index contributed by atoms with van der Waals surface area (Å²) in [5.74, 6) is 1.50. The standard InChI is InChI=1S/C15H20N2O2/c1-11-5-6-12(2)17(11)16-10-13-7-8-14(18-3)15(9-13)19-4/h5-9,16H,10H2,1-4H3. The van der Waals surface area contributed by atoms with Crippen LogP contribution in [0.3, 0.4) is 0 Å². The van der Waals surface area contributed by atoms with E-state index in [1.807, 2.05) is 18.2 Å². The summed E-state index contributed by atoms with van der Waals surface area (Å²) in [7, 11) is 3.29. The molecule has 1 aromatic heterocycles. The molecule has 0 fully saturated rings. The Morgan fingerprint density at radius 3 is 2.16 bits per heavy atom. The van der Waals surface area contributed by atoms with Crippen molar-refractivity contribution in [3.63, 3.8) is 0 Å². The average Bonchev–Trinajstić information content (AvgIpc) is 2.75. The molecule has 19 heavy (non-hydrogen) atoms. The second kappa shape index (κ2) is 5.69. The second-order valence-electron chi connectivity index (χ2n) is 4.48. The van der Waals surface area contributed by atoms with Crippen LogP contribution in [0.1, 0.15) is 17.0 Å². The van der Waals surface area contributed by atoms with Crippen LogP contribution in [-0.2, 0) is 6.54 Å². The molecule has 0 amide bonds. The molecule has 1 N–H and O–H groups in total. The zero-order valence-corrected chi connectivity index (χ0v) is 11.9. The molecule has 0 saturated heterocycles. The van der Waals surface area contributed by atoms with Crippen LogP contribution in [0, 0.1) is 13.8 Å². The highest BCUT2D eigenvalue weighted by Crippen LogP contribution is 2.27. The van der Waals surface area contributed by atoms with Crippen molar-refractivity contribution in [2.24, 2.45) is 0 Å². The number of hydrogen-bond donors (Lipinski definition) is 1. The van der Waals surface area contributed by atoms with Crippen molar-refractivity contribution in [3.05, 3.63) is 47.3 Å². The molecule has 0 atom stereocenters. The molecular weight excluding hydrogens is 240 g/mol. The molecule has 4 heteroatoms. The van der Waals surface area contributed by atoms with E-state index in [2.05, 4.69) is 36.1 Å². The Hall–Kier alpha value is -2.10. The average molecular weight is 260 g/mol. The zero-order valence-electron chi connectivity index (χ0n) is 11.9. The molecule has 0 spiro atoms.